The average molecular weight is 296 g/mol. The number of nitrogens with one attached hydrogen (secondary N) is 2. The summed E-state index contributed by atoms with van der Waals surface area (Å²) < 4.78 is 0. The lowest BCUT2D eigenvalue weighted by atomic mass is 10.1. The Hall–Kier alpha value is -1.71. The first kappa shape index (κ1) is 14.2. The van der Waals surface area contributed by atoms with Crippen LogP contribution in [0.15, 0.2) is 47.4 Å². The highest BCUT2D eigenvalue weighted by Gasteiger charge is 2.15. The average Bonchev–Trinajstić information content (AvgIpc) is 3.04. The van der Waals surface area contributed by atoms with Gasteiger partial charge >= 0.3 is 0 Å². The summed E-state index contributed by atoms with van der Waals surface area (Å²) in [7, 11) is 0. The topological polar surface area (TPSA) is 27.8 Å². The van der Waals surface area contributed by atoms with Crippen LogP contribution in [-0.2, 0) is 13.1 Å². The van der Waals surface area contributed by atoms with Gasteiger partial charge in [-0.3, -0.25) is 0 Å². The van der Waals surface area contributed by atoms with Gasteiger partial charge in [0.2, 0.25) is 0 Å². The lowest BCUT2D eigenvalue weighted by Crippen LogP contribution is -2.01. The van der Waals surface area contributed by atoms with Crippen LogP contribution < -0.4 is 5.32 Å². The molecule has 2 nitrogen and oxygen atoms in total. The number of aromatic nitrogens is 1. The molecule has 21 heavy (non-hydrogen) atoms. The molecule has 108 valence electrons. The summed E-state index contributed by atoms with van der Waals surface area (Å²) in [5, 5.41) is 4.74. The predicted molar refractivity (Wildman–Crippen MR) is 92.0 cm³/mol. The first-order chi connectivity index (χ1) is 10.1. The van der Waals surface area contributed by atoms with Crippen molar-refractivity contribution in [2.75, 3.05) is 0 Å². The van der Waals surface area contributed by atoms with E-state index < -0.39 is 0 Å². The third-order valence-electron chi connectivity index (χ3n) is 3.79. The molecule has 0 amide bonds. The van der Waals surface area contributed by atoms with Crippen LogP contribution in [-0.4, -0.2) is 4.98 Å². The summed E-state index contributed by atoms with van der Waals surface area (Å²) in [5.41, 5.74) is 6.71. The second-order valence-corrected chi connectivity index (χ2v) is 6.09. The van der Waals surface area contributed by atoms with Gasteiger partial charge in [-0.1, -0.05) is 29.3 Å². The van der Waals surface area contributed by atoms with Gasteiger partial charge < -0.3 is 10.3 Å². The van der Waals surface area contributed by atoms with Crippen LogP contribution in [0.25, 0.3) is 10.9 Å². The molecular formula is C18H20N2S. The van der Waals surface area contributed by atoms with E-state index in [1.165, 1.54) is 33.3 Å². The molecule has 4 rings (SSSR count). The maximum atomic E-state index is 4.13. The fourth-order valence-electron chi connectivity index (χ4n) is 2.63. The summed E-state index contributed by atoms with van der Waals surface area (Å²) in [4.78, 5) is 4.46. The minimum absolute atomic E-state index is 0.989. The van der Waals surface area contributed by atoms with E-state index in [0.29, 0.717) is 0 Å². The van der Waals surface area contributed by atoms with Crippen molar-refractivity contribution in [2.24, 2.45) is 0 Å². The molecule has 3 heteroatoms. The molecule has 0 radical (unpaired) electrons. The Bertz CT molecular complexity index is 736. The minimum atomic E-state index is 0.989. The van der Waals surface area contributed by atoms with Gasteiger partial charge in [0.05, 0.1) is 0 Å². The van der Waals surface area contributed by atoms with Crippen molar-refractivity contribution in [1.29, 1.82) is 0 Å². The SMILES string of the molecule is Cc1ccc(S)cc1.Cc1ccc2[nH]c3c(c2c1)CNC3. The molecule has 2 aromatic carbocycles. The first-order valence-corrected chi connectivity index (χ1v) is 7.64. The van der Waals surface area contributed by atoms with Gasteiger partial charge in [0.15, 0.2) is 0 Å². The standard InChI is InChI=1S/C11H12N2.C7H8S/c1-7-2-3-10-8(4-7)9-5-12-6-11(9)13-10;1-6-2-4-7(8)5-3-6/h2-4,12-13H,5-6H2,1H3;2-5,8H,1H3. The fraction of sp³-hybridized carbons (Fsp3) is 0.222. The van der Waals surface area contributed by atoms with Gasteiger partial charge in [-0.25, -0.2) is 0 Å². The van der Waals surface area contributed by atoms with Crippen LogP contribution in [0.1, 0.15) is 22.4 Å². The Morgan fingerprint density at radius 3 is 2.33 bits per heavy atom. The van der Waals surface area contributed by atoms with E-state index in [4.69, 9.17) is 0 Å². The van der Waals surface area contributed by atoms with Crippen molar-refractivity contribution >= 4 is 23.5 Å². The van der Waals surface area contributed by atoms with E-state index in [1.54, 1.807) is 0 Å². The maximum Gasteiger partial charge on any atom is 0.0460 e. The van der Waals surface area contributed by atoms with Crippen LogP contribution in [0, 0.1) is 13.8 Å². The maximum absolute atomic E-state index is 4.13. The predicted octanol–water partition coefficient (Wildman–Crippen LogP) is 4.36. The Balaban J connectivity index is 0.000000143. The Morgan fingerprint density at radius 2 is 1.62 bits per heavy atom. The molecule has 1 aromatic heterocycles. The Kier molecular flexibility index (Phi) is 4.04. The number of aromatic amines is 1. The molecule has 0 atom stereocenters. The smallest absolute Gasteiger partial charge is 0.0460 e. The Morgan fingerprint density at radius 1 is 0.905 bits per heavy atom. The van der Waals surface area contributed by atoms with Crippen molar-refractivity contribution in [3.63, 3.8) is 0 Å². The molecule has 0 spiro atoms. The van der Waals surface area contributed by atoms with Gasteiger partial charge in [0.1, 0.15) is 0 Å². The molecule has 0 fully saturated rings. The summed E-state index contributed by atoms with van der Waals surface area (Å²) >= 11 is 4.13. The zero-order valence-corrected chi connectivity index (χ0v) is 13.3. The molecule has 0 unspecified atom stereocenters. The van der Waals surface area contributed by atoms with E-state index in [-0.39, 0.29) is 0 Å². The van der Waals surface area contributed by atoms with E-state index in [2.05, 4.69) is 55.0 Å². The lowest BCUT2D eigenvalue weighted by Gasteiger charge is -1.95. The number of H-pyrrole nitrogens is 1. The molecule has 1 aliphatic heterocycles. The molecule has 2 N–H and O–H groups in total. The summed E-state index contributed by atoms with van der Waals surface area (Å²) in [5.74, 6) is 0. The molecule has 3 aromatic rings. The summed E-state index contributed by atoms with van der Waals surface area (Å²) in [6.07, 6.45) is 0. The zero-order chi connectivity index (χ0) is 14.8. The van der Waals surface area contributed by atoms with E-state index >= 15 is 0 Å². The van der Waals surface area contributed by atoms with E-state index in [1.807, 2.05) is 24.3 Å². The molecule has 0 bridgehead atoms. The lowest BCUT2D eigenvalue weighted by molar-refractivity contribution is 0.757. The molecule has 1 aliphatic rings. The quantitative estimate of drug-likeness (QED) is 0.528. The van der Waals surface area contributed by atoms with Gasteiger partial charge in [-0.05, 0) is 43.7 Å². The monoisotopic (exact) mass is 296 g/mol. The van der Waals surface area contributed by atoms with Gasteiger partial charge in [0, 0.05) is 34.6 Å². The number of fused-ring (bicyclic) bond motifs is 3. The highest BCUT2D eigenvalue weighted by atomic mass is 32.1. The molecule has 0 aliphatic carbocycles. The van der Waals surface area contributed by atoms with Crippen LogP contribution in [0.5, 0.6) is 0 Å². The fourth-order valence-corrected chi connectivity index (χ4v) is 2.78. The summed E-state index contributed by atoms with van der Waals surface area (Å²) in [6.45, 7) is 6.20. The number of rotatable bonds is 0. The first-order valence-electron chi connectivity index (χ1n) is 7.20. The van der Waals surface area contributed by atoms with Crippen molar-refractivity contribution < 1.29 is 0 Å². The third kappa shape index (κ3) is 3.14. The van der Waals surface area contributed by atoms with E-state index in [0.717, 1.165) is 18.0 Å². The van der Waals surface area contributed by atoms with Crippen molar-refractivity contribution in [3.05, 3.63) is 64.8 Å². The summed E-state index contributed by atoms with van der Waals surface area (Å²) in [6, 6.07) is 14.6. The second kappa shape index (κ2) is 5.96. The normalized spacial score (nSPS) is 12.9. The highest BCUT2D eigenvalue weighted by molar-refractivity contribution is 7.80. The third-order valence-corrected chi connectivity index (χ3v) is 4.09. The number of hydrogen-bond donors (Lipinski definition) is 3. The molecule has 0 saturated heterocycles. The van der Waals surface area contributed by atoms with E-state index in [9.17, 15) is 0 Å². The minimum Gasteiger partial charge on any atom is -0.357 e. The number of thiol groups is 1. The number of hydrogen-bond acceptors (Lipinski definition) is 2. The zero-order valence-electron chi connectivity index (χ0n) is 12.4. The van der Waals surface area contributed by atoms with Crippen molar-refractivity contribution in [2.45, 2.75) is 31.8 Å². The van der Waals surface area contributed by atoms with Gasteiger partial charge in [-0.15, -0.1) is 12.6 Å². The Labute approximate surface area is 131 Å². The second-order valence-electron chi connectivity index (χ2n) is 5.57. The largest absolute Gasteiger partial charge is 0.357 e. The van der Waals surface area contributed by atoms with Crippen LogP contribution >= 0.6 is 12.6 Å². The van der Waals surface area contributed by atoms with Crippen LogP contribution in [0.4, 0.5) is 0 Å². The molecule has 2 heterocycles. The molecule has 0 saturated carbocycles. The number of benzene rings is 2. The van der Waals surface area contributed by atoms with Gasteiger partial charge in [0.25, 0.3) is 0 Å². The van der Waals surface area contributed by atoms with Gasteiger partial charge in [-0.2, -0.15) is 0 Å². The van der Waals surface area contributed by atoms with Crippen molar-refractivity contribution in [3.8, 4) is 0 Å². The number of aryl methyl sites for hydroxylation is 2. The van der Waals surface area contributed by atoms with Crippen molar-refractivity contribution in [1.82, 2.24) is 10.3 Å². The highest BCUT2D eigenvalue weighted by Crippen LogP contribution is 2.26. The molecular weight excluding hydrogens is 276 g/mol. The van der Waals surface area contributed by atoms with Crippen LogP contribution in [0.2, 0.25) is 0 Å². The van der Waals surface area contributed by atoms with Crippen LogP contribution in [0.3, 0.4) is 0 Å².